The molecule has 3 unspecified atom stereocenters. The molecule has 3 rings (SSSR count). The normalized spacial score (nSPS) is 26.3. The molecule has 2 aromatic carbocycles. The molecule has 0 aromatic heterocycles. The highest BCUT2D eigenvalue weighted by Gasteiger charge is 2.40. The first-order chi connectivity index (χ1) is 10.0. The van der Waals surface area contributed by atoms with Gasteiger partial charge in [0.05, 0.1) is 10.1 Å². The third-order valence-electron chi connectivity index (χ3n) is 4.80. The van der Waals surface area contributed by atoms with Gasteiger partial charge in [-0.05, 0) is 48.7 Å². The van der Waals surface area contributed by atoms with Crippen molar-refractivity contribution in [2.45, 2.75) is 36.0 Å². The van der Waals surface area contributed by atoms with Crippen LogP contribution < -0.4 is 5.32 Å². The van der Waals surface area contributed by atoms with Crippen LogP contribution in [0.25, 0.3) is 10.8 Å². The Hall–Kier alpha value is -1.39. The maximum absolute atomic E-state index is 12.9. The van der Waals surface area contributed by atoms with E-state index in [-0.39, 0.29) is 11.2 Å². The number of benzene rings is 2. The molecular formula is C17H21NO2S. The van der Waals surface area contributed by atoms with Gasteiger partial charge in [0.25, 0.3) is 0 Å². The van der Waals surface area contributed by atoms with Gasteiger partial charge < -0.3 is 5.32 Å². The van der Waals surface area contributed by atoms with Crippen LogP contribution >= 0.6 is 0 Å². The van der Waals surface area contributed by atoms with Crippen molar-refractivity contribution in [3.05, 3.63) is 42.5 Å². The molecule has 112 valence electrons. The summed E-state index contributed by atoms with van der Waals surface area (Å²) in [6.45, 7) is 2.04. The van der Waals surface area contributed by atoms with Crippen LogP contribution in [-0.2, 0) is 9.84 Å². The van der Waals surface area contributed by atoms with E-state index in [2.05, 4.69) is 5.32 Å². The molecule has 1 aliphatic rings. The first kappa shape index (κ1) is 14.5. The summed E-state index contributed by atoms with van der Waals surface area (Å²) in [6.07, 6.45) is 1.66. The third-order valence-corrected chi connectivity index (χ3v) is 7.18. The number of hydrogen-bond acceptors (Lipinski definition) is 3. The number of rotatable bonds is 3. The number of sulfone groups is 1. The first-order valence-electron chi connectivity index (χ1n) is 7.44. The largest absolute Gasteiger partial charge is 0.317 e. The lowest BCUT2D eigenvalue weighted by atomic mass is 10.1. The van der Waals surface area contributed by atoms with E-state index >= 15 is 0 Å². The summed E-state index contributed by atoms with van der Waals surface area (Å²) < 4.78 is 25.8. The second-order valence-electron chi connectivity index (χ2n) is 5.92. The minimum atomic E-state index is -3.26. The summed E-state index contributed by atoms with van der Waals surface area (Å²) in [4.78, 5) is 0.454. The highest BCUT2D eigenvalue weighted by atomic mass is 32.2. The summed E-state index contributed by atoms with van der Waals surface area (Å²) >= 11 is 0. The third kappa shape index (κ3) is 2.47. The van der Waals surface area contributed by atoms with E-state index < -0.39 is 9.84 Å². The average Bonchev–Trinajstić information content (AvgIpc) is 2.88. The molecule has 0 aliphatic heterocycles. The molecule has 21 heavy (non-hydrogen) atoms. The summed E-state index contributed by atoms with van der Waals surface area (Å²) in [5.41, 5.74) is 0. The van der Waals surface area contributed by atoms with Gasteiger partial charge in [0, 0.05) is 6.04 Å². The Morgan fingerprint density at radius 1 is 1.05 bits per heavy atom. The topological polar surface area (TPSA) is 46.2 Å². The van der Waals surface area contributed by atoms with Gasteiger partial charge in [-0.3, -0.25) is 0 Å². The van der Waals surface area contributed by atoms with Crippen molar-refractivity contribution in [3.8, 4) is 0 Å². The number of fused-ring (bicyclic) bond motifs is 1. The lowest BCUT2D eigenvalue weighted by molar-refractivity contribution is 0.453. The van der Waals surface area contributed by atoms with Gasteiger partial charge in [0.1, 0.15) is 0 Å². The molecule has 0 bridgehead atoms. The van der Waals surface area contributed by atoms with Crippen LogP contribution in [0.4, 0.5) is 0 Å². The Balaban J connectivity index is 2.00. The van der Waals surface area contributed by atoms with Gasteiger partial charge in [-0.1, -0.05) is 37.3 Å². The minimum absolute atomic E-state index is 0.145. The number of hydrogen-bond donors (Lipinski definition) is 1. The molecule has 4 heteroatoms. The molecule has 1 fully saturated rings. The summed E-state index contributed by atoms with van der Waals surface area (Å²) in [6, 6.07) is 13.6. The van der Waals surface area contributed by atoms with Crippen LogP contribution in [0.3, 0.4) is 0 Å². The van der Waals surface area contributed by atoms with Crippen molar-refractivity contribution in [1.82, 2.24) is 5.32 Å². The smallest absolute Gasteiger partial charge is 0.181 e. The maximum Gasteiger partial charge on any atom is 0.181 e. The average molecular weight is 303 g/mol. The molecule has 3 nitrogen and oxygen atoms in total. The van der Waals surface area contributed by atoms with E-state index in [0.29, 0.717) is 10.9 Å². The van der Waals surface area contributed by atoms with Gasteiger partial charge in [-0.15, -0.1) is 0 Å². The molecule has 1 aliphatic carbocycles. The molecule has 3 atom stereocenters. The molecule has 1 saturated carbocycles. The summed E-state index contributed by atoms with van der Waals surface area (Å²) in [5, 5.41) is 5.01. The van der Waals surface area contributed by atoms with Crippen LogP contribution in [0, 0.1) is 5.92 Å². The fourth-order valence-electron chi connectivity index (χ4n) is 3.49. The molecule has 1 N–H and O–H groups in total. The standard InChI is InChI=1S/C17H21NO2S/c1-12-16(18-2)9-10-17(12)21(19,20)15-8-7-13-5-3-4-6-14(13)11-15/h3-8,11-12,16-18H,9-10H2,1-2H3. The lowest BCUT2D eigenvalue weighted by Crippen LogP contribution is -2.34. The lowest BCUT2D eigenvalue weighted by Gasteiger charge is -2.20. The molecule has 0 amide bonds. The molecule has 2 aromatic rings. The van der Waals surface area contributed by atoms with Crippen molar-refractivity contribution in [3.63, 3.8) is 0 Å². The predicted molar refractivity (Wildman–Crippen MR) is 86.2 cm³/mol. The van der Waals surface area contributed by atoms with Crippen molar-refractivity contribution in [2.75, 3.05) is 7.05 Å². The Kier molecular flexibility index (Phi) is 3.76. The minimum Gasteiger partial charge on any atom is -0.317 e. The Bertz CT molecular complexity index is 754. The first-order valence-corrected chi connectivity index (χ1v) is 8.98. The van der Waals surface area contributed by atoms with Gasteiger partial charge in [0.15, 0.2) is 9.84 Å². The SMILES string of the molecule is CNC1CCC(S(=O)(=O)c2ccc3ccccc3c2)C1C. The van der Waals surface area contributed by atoms with E-state index in [9.17, 15) is 8.42 Å². The summed E-state index contributed by atoms with van der Waals surface area (Å²) in [7, 11) is -1.35. The highest BCUT2D eigenvalue weighted by molar-refractivity contribution is 7.92. The second-order valence-corrected chi connectivity index (χ2v) is 8.09. The van der Waals surface area contributed by atoms with Gasteiger partial charge >= 0.3 is 0 Å². The van der Waals surface area contributed by atoms with E-state index in [1.165, 1.54) is 0 Å². The van der Waals surface area contributed by atoms with Crippen LogP contribution in [0.1, 0.15) is 19.8 Å². The molecule has 0 radical (unpaired) electrons. The van der Waals surface area contributed by atoms with E-state index in [4.69, 9.17) is 0 Å². The molecule has 0 heterocycles. The van der Waals surface area contributed by atoms with Crippen molar-refractivity contribution in [1.29, 1.82) is 0 Å². The second kappa shape index (κ2) is 5.43. The maximum atomic E-state index is 12.9. The van der Waals surface area contributed by atoms with Crippen LogP contribution in [-0.4, -0.2) is 26.8 Å². The van der Waals surface area contributed by atoms with Crippen molar-refractivity contribution < 1.29 is 8.42 Å². The van der Waals surface area contributed by atoms with Crippen molar-refractivity contribution >= 4 is 20.6 Å². The van der Waals surface area contributed by atoms with E-state index in [1.807, 2.05) is 50.4 Å². The fourth-order valence-corrected chi connectivity index (χ4v) is 5.59. The van der Waals surface area contributed by atoms with Crippen LogP contribution in [0.2, 0.25) is 0 Å². The Morgan fingerprint density at radius 3 is 2.43 bits per heavy atom. The number of nitrogens with one attached hydrogen (secondary N) is 1. The molecule has 0 saturated heterocycles. The van der Waals surface area contributed by atoms with E-state index in [0.717, 1.165) is 23.6 Å². The monoisotopic (exact) mass is 303 g/mol. The highest BCUT2D eigenvalue weighted by Crippen LogP contribution is 2.35. The van der Waals surface area contributed by atoms with E-state index in [1.54, 1.807) is 6.07 Å². The predicted octanol–water partition coefficient (Wildman–Crippen LogP) is 3.00. The van der Waals surface area contributed by atoms with Crippen LogP contribution in [0.15, 0.2) is 47.4 Å². The van der Waals surface area contributed by atoms with Crippen LogP contribution in [0.5, 0.6) is 0 Å². The van der Waals surface area contributed by atoms with Gasteiger partial charge in [-0.25, -0.2) is 8.42 Å². The Labute approximate surface area is 126 Å². The Morgan fingerprint density at radius 2 is 1.76 bits per heavy atom. The van der Waals surface area contributed by atoms with Crippen molar-refractivity contribution in [2.24, 2.45) is 5.92 Å². The summed E-state index contributed by atoms with van der Waals surface area (Å²) in [5.74, 6) is 0.145. The zero-order valence-corrected chi connectivity index (χ0v) is 13.2. The van der Waals surface area contributed by atoms with Gasteiger partial charge in [-0.2, -0.15) is 0 Å². The molecular weight excluding hydrogens is 282 g/mol. The quantitative estimate of drug-likeness (QED) is 0.948. The molecule has 0 spiro atoms. The van der Waals surface area contributed by atoms with Gasteiger partial charge in [0.2, 0.25) is 0 Å². The zero-order valence-electron chi connectivity index (χ0n) is 12.4. The fraction of sp³-hybridized carbons (Fsp3) is 0.412. The zero-order chi connectivity index (χ0) is 15.0.